The monoisotopic (exact) mass is 426 g/mol. The Morgan fingerprint density at radius 3 is 1.39 bits per heavy atom. The molecule has 104 valence electrons. The third kappa shape index (κ3) is 3.44. The van der Waals surface area contributed by atoms with E-state index < -0.39 is 0 Å². The molecule has 2 saturated carbocycles. The Labute approximate surface area is 127 Å². The molecule has 1 heteroatoms. The van der Waals surface area contributed by atoms with Crippen LogP contribution in [-0.2, 0) is 21.1 Å². The molecule has 0 amide bonds. The zero-order chi connectivity index (χ0) is 11.5. The van der Waals surface area contributed by atoms with Gasteiger partial charge in [-0.25, -0.2) is 0 Å². The zero-order valence-corrected chi connectivity index (χ0v) is 13.7. The van der Waals surface area contributed by atoms with E-state index >= 15 is 0 Å². The maximum atomic E-state index is 2.71. The van der Waals surface area contributed by atoms with Crippen LogP contribution in [0, 0.1) is 30.1 Å². The first-order chi connectivity index (χ1) is 8.43. The topological polar surface area (TPSA) is 0 Å². The molecule has 2 unspecified atom stereocenters. The molecule has 18 heavy (non-hydrogen) atoms. The average molecular weight is 426 g/mol. The minimum absolute atomic E-state index is 0. The van der Waals surface area contributed by atoms with Crippen LogP contribution in [0.2, 0.25) is 0 Å². The molecule has 0 radical (unpaired) electrons. The Kier molecular flexibility index (Phi) is 5.86. The van der Waals surface area contributed by atoms with Crippen molar-refractivity contribution in [3.05, 3.63) is 18.6 Å². The maximum absolute atomic E-state index is 2.71. The Balaban J connectivity index is 0.00000120. The first kappa shape index (κ1) is 14.7. The second-order valence-corrected chi connectivity index (χ2v) is 6.53. The van der Waals surface area contributed by atoms with Crippen LogP contribution in [0.15, 0.2) is 12.2 Å². The fourth-order valence-electron chi connectivity index (χ4n) is 4.31. The van der Waals surface area contributed by atoms with Gasteiger partial charge in [0.15, 0.2) is 0 Å². The van der Waals surface area contributed by atoms with Gasteiger partial charge in [-0.1, -0.05) is 38.5 Å². The molecule has 3 rings (SSSR count). The molecular weight excluding hydrogens is 399 g/mol. The van der Waals surface area contributed by atoms with Crippen molar-refractivity contribution in [2.75, 3.05) is 0 Å². The summed E-state index contributed by atoms with van der Waals surface area (Å²) in [6.45, 7) is 0. The minimum Gasteiger partial charge on any atom is -0.0533 e. The van der Waals surface area contributed by atoms with Crippen LogP contribution in [0.1, 0.15) is 64.2 Å². The van der Waals surface area contributed by atoms with E-state index in [2.05, 4.69) is 18.6 Å². The van der Waals surface area contributed by atoms with Crippen LogP contribution >= 0.6 is 0 Å². The molecule has 0 bridgehead atoms. The van der Waals surface area contributed by atoms with Crippen molar-refractivity contribution in [2.45, 2.75) is 64.2 Å². The van der Waals surface area contributed by atoms with Crippen molar-refractivity contribution in [1.29, 1.82) is 0 Å². The Morgan fingerprint density at radius 2 is 1.00 bits per heavy atom. The van der Waals surface area contributed by atoms with Gasteiger partial charge in [-0.15, -0.1) is 0 Å². The Morgan fingerprint density at radius 1 is 0.611 bits per heavy atom. The Bertz CT molecular complexity index is 233. The third-order valence-electron chi connectivity index (χ3n) is 5.39. The van der Waals surface area contributed by atoms with Gasteiger partial charge in [-0.05, 0) is 37.8 Å². The van der Waals surface area contributed by atoms with Gasteiger partial charge in [-0.3, -0.25) is 0 Å². The first-order valence-corrected chi connectivity index (χ1v) is 7.97. The van der Waals surface area contributed by atoms with Crippen molar-refractivity contribution >= 4 is 0 Å². The largest absolute Gasteiger partial charge is 0.119 e. The van der Waals surface area contributed by atoms with Gasteiger partial charge in [0.2, 0.25) is 0 Å². The third-order valence-corrected chi connectivity index (χ3v) is 5.39. The molecule has 2 atom stereocenters. The molecular formula is C17H27Pt+. The predicted molar refractivity (Wildman–Crippen MR) is 73.6 cm³/mol. The summed E-state index contributed by atoms with van der Waals surface area (Å²) in [5, 5.41) is 0. The normalized spacial score (nSPS) is 34.0. The summed E-state index contributed by atoms with van der Waals surface area (Å²) in [5.74, 6) is 3.66. The molecule has 0 N–H and O–H groups in total. The van der Waals surface area contributed by atoms with Crippen molar-refractivity contribution in [3.63, 3.8) is 0 Å². The fourth-order valence-corrected chi connectivity index (χ4v) is 4.31. The second kappa shape index (κ2) is 7.18. The van der Waals surface area contributed by atoms with E-state index in [1.54, 1.807) is 0 Å². The van der Waals surface area contributed by atoms with E-state index in [0.29, 0.717) is 0 Å². The number of hydrogen-bond acceptors (Lipinski definition) is 0. The molecule has 0 saturated heterocycles. The summed E-state index contributed by atoms with van der Waals surface area (Å²) >= 11 is 0. The molecule has 2 fully saturated rings. The van der Waals surface area contributed by atoms with Crippen LogP contribution in [0.5, 0.6) is 0 Å². The molecule has 0 aliphatic heterocycles. The maximum Gasteiger partial charge on any atom is 0.119 e. The van der Waals surface area contributed by atoms with Gasteiger partial charge in [0, 0.05) is 32.9 Å². The van der Waals surface area contributed by atoms with E-state index in [-0.39, 0.29) is 21.1 Å². The summed E-state index contributed by atoms with van der Waals surface area (Å²) in [7, 11) is 0. The first-order valence-electron chi connectivity index (χ1n) is 7.97. The number of allylic oxidation sites excluding steroid dienone is 2. The number of rotatable bonds is 2. The van der Waals surface area contributed by atoms with Crippen LogP contribution in [-0.4, -0.2) is 0 Å². The summed E-state index contributed by atoms with van der Waals surface area (Å²) < 4.78 is 0. The quantitative estimate of drug-likeness (QED) is 0.423. The molecule has 0 spiro atoms. The summed E-state index contributed by atoms with van der Waals surface area (Å²) in [6.07, 6.45) is 22.7. The molecule has 0 aromatic carbocycles. The Hall–Kier alpha value is 0.298. The SMILES string of the molecule is C1=CC(C2CCCCC2)[CH+]C1C1CCCCC1.[Pt]. The van der Waals surface area contributed by atoms with Crippen LogP contribution < -0.4 is 0 Å². The molecule has 3 aliphatic rings. The van der Waals surface area contributed by atoms with Gasteiger partial charge >= 0.3 is 0 Å². The summed E-state index contributed by atoms with van der Waals surface area (Å²) in [6, 6.07) is 0. The van der Waals surface area contributed by atoms with Crippen molar-refractivity contribution < 1.29 is 21.1 Å². The van der Waals surface area contributed by atoms with Crippen molar-refractivity contribution in [2.24, 2.45) is 23.7 Å². The van der Waals surface area contributed by atoms with Crippen LogP contribution in [0.4, 0.5) is 0 Å². The minimum atomic E-state index is 0. The van der Waals surface area contributed by atoms with Gasteiger partial charge in [0.05, 0.1) is 6.42 Å². The van der Waals surface area contributed by atoms with Crippen molar-refractivity contribution in [1.82, 2.24) is 0 Å². The fraction of sp³-hybridized carbons (Fsp3) is 0.824. The summed E-state index contributed by atoms with van der Waals surface area (Å²) in [4.78, 5) is 0. The van der Waals surface area contributed by atoms with Gasteiger partial charge < -0.3 is 0 Å². The zero-order valence-electron chi connectivity index (χ0n) is 11.4. The van der Waals surface area contributed by atoms with Gasteiger partial charge in [-0.2, -0.15) is 0 Å². The number of hydrogen-bond donors (Lipinski definition) is 0. The summed E-state index contributed by atoms with van der Waals surface area (Å²) in [5.41, 5.74) is 0. The van der Waals surface area contributed by atoms with Crippen molar-refractivity contribution in [3.8, 4) is 0 Å². The van der Waals surface area contributed by atoms with E-state index in [4.69, 9.17) is 0 Å². The smallest absolute Gasteiger partial charge is 0.0533 e. The second-order valence-electron chi connectivity index (χ2n) is 6.53. The molecule has 3 aliphatic carbocycles. The van der Waals surface area contributed by atoms with Crippen LogP contribution in [0.25, 0.3) is 0 Å². The standard InChI is InChI=1S/C17H27.Pt/c1-3-7-14(8-4-1)16-11-12-17(13-16)15-9-5-2-6-10-15;/h11-17H,1-10H2;/q+1;. The van der Waals surface area contributed by atoms with E-state index in [1.807, 2.05) is 0 Å². The van der Waals surface area contributed by atoms with Gasteiger partial charge in [0.25, 0.3) is 0 Å². The predicted octanol–water partition coefficient (Wildman–Crippen LogP) is 5.15. The molecule has 0 heterocycles. The average Bonchev–Trinajstić information content (AvgIpc) is 2.90. The van der Waals surface area contributed by atoms with Crippen LogP contribution in [0.3, 0.4) is 0 Å². The van der Waals surface area contributed by atoms with E-state index in [9.17, 15) is 0 Å². The van der Waals surface area contributed by atoms with E-state index in [1.165, 1.54) is 64.2 Å². The molecule has 0 nitrogen and oxygen atoms in total. The molecule has 0 aromatic heterocycles. The van der Waals surface area contributed by atoms with E-state index in [0.717, 1.165) is 23.7 Å². The van der Waals surface area contributed by atoms with Gasteiger partial charge in [0.1, 0.15) is 11.8 Å². The molecule has 0 aromatic rings.